The van der Waals surface area contributed by atoms with Crippen LogP contribution in [-0.4, -0.2) is 24.8 Å². The average molecular weight is 253 g/mol. The molecule has 0 bridgehead atoms. The van der Waals surface area contributed by atoms with Gasteiger partial charge in [0.05, 0.1) is 6.10 Å². The molecule has 0 spiro atoms. The standard InChI is InChI=1S/C16H31NO/c1-12(2)15-11-14(7-10-18-15)17-13-5-8-16(3,4)9-6-13/h12-15,17H,5-11H2,1-4H3. The normalized spacial score (nSPS) is 33.8. The number of ether oxygens (including phenoxy) is 1. The van der Waals surface area contributed by atoms with Crippen LogP contribution in [0.3, 0.4) is 0 Å². The van der Waals surface area contributed by atoms with E-state index in [9.17, 15) is 0 Å². The largest absolute Gasteiger partial charge is 0.378 e. The van der Waals surface area contributed by atoms with Crippen LogP contribution in [-0.2, 0) is 4.74 Å². The fourth-order valence-electron chi connectivity index (χ4n) is 3.34. The van der Waals surface area contributed by atoms with Crippen molar-refractivity contribution in [2.45, 2.75) is 84.4 Å². The summed E-state index contributed by atoms with van der Waals surface area (Å²) in [7, 11) is 0. The van der Waals surface area contributed by atoms with Crippen LogP contribution in [0.5, 0.6) is 0 Å². The molecular weight excluding hydrogens is 222 g/mol. The first-order valence-corrected chi connectivity index (χ1v) is 7.84. The van der Waals surface area contributed by atoms with Gasteiger partial charge in [-0.3, -0.25) is 0 Å². The van der Waals surface area contributed by atoms with E-state index in [4.69, 9.17) is 4.74 Å². The SMILES string of the molecule is CC(C)C1CC(NC2CCC(C)(C)CC2)CCO1. The molecule has 2 unspecified atom stereocenters. The van der Waals surface area contributed by atoms with Gasteiger partial charge in [-0.2, -0.15) is 0 Å². The van der Waals surface area contributed by atoms with Crippen LogP contribution in [0.25, 0.3) is 0 Å². The molecular formula is C16H31NO. The maximum absolute atomic E-state index is 5.85. The smallest absolute Gasteiger partial charge is 0.0612 e. The third-order valence-corrected chi connectivity index (χ3v) is 4.87. The zero-order chi connectivity index (χ0) is 13.2. The molecule has 0 amide bonds. The zero-order valence-electron chi connectivity index (χ0n) is 12.7. The van der Waals surface area contributed by atoms with Gasteiger partial charge in [0.15, 0.2) is 0 Å². The van der Waals surface area contributed by atoms with E-state index in [1.165, 1.54) is 38.5 Å². The Morgan fingerprint density at radius 3 is 2.33 bits per heavy atom. The lowest BCUT2D eigenvalue weighted by Gasteiger charge is -2.39. The highest BCUT2D eigenvalue weighted by Gasteiger charge is 2.30. The first-order valence-electron chi connectivity index (χ1n) is 7.84. The second kappa shape index (κ2) is 5.92. The third-order valence-electron chi connectivity index (χ3n) is 4.87. The second-order valence-electron chi connectivity index (χ2n) is 7.48. The Labute approximate surface area is 113 Å². The summed E-state index contributed by atoms with van der Waals surface area (Å²) < 4.78 is 5.85. The molecule has 2 heteroatoms. The zero-order valence-corrected chi connectivity index (χ0v) is 12.7. The molecule has 0 aromatic rings. The molecule has 0 radical (unpaired) electrons. The summed E-state index contributed by atoms with van der Waals surface area (Å²) in [5, 5.41) is 3.90. The summed E-state index contributed by atoms with van der Waals surface area (Å²) >= 11 is 0. The predicted octanol–water partition coefficient (Wildman–Crippen LogP) is 3.75. The van der Waals surface area contributed by atoms with Gasteiger partial charge in [-0.25, -0.2) is 0 Å². The maximum Gasteiger partial charge on any atom is 0.0612 e. The van der Waals surface area contributed by atoms with Crippen molar-refractivity contribution in [3.05, 3.63) is 0 Å². The Morgan fingerprint density at radius 2 is 1.72 bits per heavy atom. The van der Waals surface area contributed by atoms with Gasteiger partial charge < -0.3 is 10.1 Å². The molecule has 1 aliphatic carbocycles. The van der Waals surface area contributed by atoms with Crippen LogP contribution in [0.2, 0.25) is 0 Å². The van der Waals surface area contributed by atoms with Gasteiger partial charge in [0.1, 0.15) is 0 Å². The molecule has 2 fully saturated rings. The van der Waals surface area contributed by atoms with Crippen LogP contribution in [0, 0.1) is 11.3 Å². The van der Waals surface area contributed by atoms with Gasteiger partial charge in [-0.15, -0.1) is 0 Å². The van der Waals surface area contributed by atoms with Crippen LogP contribution >= 0.6 is 0 Å². The number of hydrogen-bond donors (Lipinski definition) is 1. The van der Waals surface area contributed by atoms with Crippen LogP contribution in [0.15, 0.2) is 0 Å². The van der Waals surface area contributed by atoms with Gasteiger partial charge >= 0.3 is 0 Å². The lowest BCUT2D eigenvalue weighted by Crippen LogP contribution is -2.46. The summed E-state index contributed by atoms with van der Waals surface area (Å²) in [6, 6.07) is 1.45. The van der Waals surface area contributed by atoms with E-state index in [2.05, 4.69) is 33.0 Å². The number of hydrogen-bond acceptors (Lipinski definition) is 2. The quantitative estimate of drug-likeness (QED) is 0.827. The Balaban J connectivity index is 1.76. The van der Waals surface area contributed by atoms with E-state index in [0.717, 1.165) is 12.6 Å². The Hall–Kier alpha value is -0.0800. The minimum atomic E-state index is 0.469. The van der Waals surface area contributed by atoms with Gasteiger partial charge in [-0.05, 0) is 49.9 Å². The molecule has 1 aliphatic heterocycles. The number of nitrogens with one attached hydrogen (secondary N) is 1. The van der Waals surface area contributed by atoms with Crippen molar-refractivity contribution in [3.8, 4) is 0 Å². The lowest BCUT2D eigenvalue weighted by molar-refractivity contribution is -0.0271. The van der Waals surface area contributed by atoms with Gasteiger partial charge in [0, 0.05) is 18.7 Å². The highest BCUT2D eigenvalue weighted by atomic mass is 16.5. The third kappa shape index (κ3) is 3.96. The summed E-state index contributed by atoms with van der Waals surface area (Å²) in [6.45, 7) is 10.3. The Kier molecular flexibility index (Phi) is 4.71. The van der Waals surface area contributed by atoms with E-state index in [-0.39, 0.29) is 0 Å². The molecule has 0 aromatic carbocycles. The van der Waals surface area contributed by atoms with Crippen molar-refractivity contribution in [1.82, 2.24) is 5.32 Å². The predicted molar refractivity (Wildman–Crippen MR) is 76.8 cm³/mol. The van der Waals surface area contributed by atoms with Crippen LogP contribution in [0.1, 0.15) is 66.2 Å². The monoisotopic (exact) mass is 253 g/mol. The van der Waals surface area contributed by atoms with E-state index in [0.29, 0.717) is 23.5 Å². The Morgan fingerprint density at radius 1 is 1.06 bits per heavy atom. The first-order chi connectivity index (χ1) is 8.46. The van der Waals surface area contributed by atoms with E-state index >= 15 is 0 Å². The lowest BCUT2D eigenvalue weighted by atomic mass is 9.75. The molecule has 106 valence electrons. The van der Waals surface area contributed by atoms with Crippen molar-refractivity contribution >= 4 is 0 Å². The fourth-order valence-corrected chi connectivity index (χ4v) is 3.34. The van der Waals surface area contributed by atoms with Crippen LogP contribution < -0.4 is 5.32 Å². The van der Waals surface area contributed by atoms with Crippen molar-refractivity contribution in [2.75, 3.05) is 6.61 Å². The van der Waals surface area contributed by atoms with Crippen molar-refractivity contribution < 1.29 is 4.74 Å². The average Bonchev–Trinajstić information content (AvgIpc) is 2.32. The molecule has 1 N–H and O–H groups in total. The van der Waals surface area contributed by atoms with Gasteiger partial charge in [0.25, 0.3) is 0 Å². The van der Waals surface area contributed by atoms with Crippen LogP contribution in [0.4, 0.5) is 0 Å². The van der Waals surface area contributed by atoms with Gasteiger partial charge in [0.2, 0.25) is 0 Å². The molecule has 2 nitrogen and oxygen atoms in total. The summed E-state index contributed by atoms with van der Waals surface area (Å²) in [5.41, 5.74) is 0.578. The summed E-state index contributed by atoms with van der Waals surface area (Å²) in [5.74, 6) is 0.653. The van der Waals surface area contributed by atoms with E-state index < -0.39 is 0 Å². The molecule has 1 saturated carbocycles. The highest BCUT2D eigenvalue weighted by Crippen LogP contribution is 2.35. The topological polar surface area (TPSA) is 21.3 Å². The molecule has 18 heavy (non-hydrogen) atoms. The molecule has 2 atom stereocenters. The van der Waals surface area contributed by atoms with E-state index in [1.54, 1.807) is 0 Å². The maximum atomic E-state index is 5.85. The Bertz CT molecular complexity index is 252. The van der Waals surface area contributed by atoms with Crippen molar-refractivity contribution in [1.29, 1.82) is 0 Å². The summed E-state index contributed by atoms with van der Waals surface area (Å²) in [6.07, 6.45) is 8.34. The minimum Gasteiger partial charge on any atom is -0.378 e. The second-order valence-corrected chi connectivity index (χ2v) is 7.48. The molecule has 1 saturated heterocycles. The minimum absolute atomic E-state index is 0.469. The molecule has 2 rings (SSSR count). The summed E-state index contributed by atoms with van der Waals surface area (Å²) in [4.78, 5) is 0. The molecule has 1 heterocycles. The first kappa shape index (κ1) is 14.3. The van der Waals surface area contributed by atoms with E-state index in [1.807, 2.05) is 0 Å². The molecule has 2 aliphatic rings. The van der Waals surface area contributed by atoms with Crippen molar-refractivity contribution in [3.63, 3.8) is 0 Å². The highest BCUT2D eigenvalue weighted by molar-refractivity contribution is 4.86. The number of rotatable bonds is 3. The molecule has 0 aromatic heterocycles. The van der Waals surface area contributed by atoms with Gasteiger partial charge in [-0.1, -0.05) is 27.7 Å². The van der Waals surface area contributed by atoms with Crippen molar-refractivity contribution in [2.24, 2.45) is 11.3 Å². The fraction of sp³-hybridized carbons (Fsp3) is 1.00.